The molecule has 3 heteroatoms. The molecule has 0 bridgehead atoms. The molecule has 1 aromatic rings. The molecule has 20 heavy (non-hydrogen) atoms. The Bertz CT molecular complexity index is 458. The lowest BCUT2D eigenvalue weighted by Crippen LogP contribution is -2.42. The van der Waals surface area contributed by atoms with Crippen LogP contribution in [0.3, 0.4) is 0 Å². The van der Waals surface area contributed by atoms with E-state index in [2.05, 4.69) is 23.8 Å². The maximum absolute atomic E-state index is 12.5. The lowest BCUT2D eigenvalue weighted by molar-refractivity contribution is 0.0887. The summed E-state index contributed by atoms with van der Waals surface area (Å²) in [4.78, 5) is 17.3. The second-order valence-electron chi connectivity index (χ2n) is 5.89. The van der Waals surface area contributed by atoms with E-state index in [1.165, 1.54) is 0 Å². The van der Waals surface area contributed by atoms with Crippen molar-refractivity contribution in [3.63, 3.8) is 0 Å². The Morgan fingerprint density at radius 2 is 2.05 bits per heavy atom. The zero-order valence-electron chi connectivity index (χ0n) is 12.9. The van der Waals surface area contributed by atoms with Gasteiger partial charge in [-0.05, 0) is 38.9 Å². The van der Waals surface area contributed by atoms with Crippen molar-refractivity contribution in [3.8, 4) is 0 Å². The van der Waals surface area contributed by atoms with Gasteiger partial charge in [-0.2, -0.15) is 0 Å². The van der Waals surface area contributed by atoms with Crippen LogP contribution in [0.25, 0.3) is 0 Å². The van der Waals surface area contributed by atoms with Crippen LogP contribution in [0.5, 0.6) is 0 Å². The normalized spacial score (nSPS) is 21.6. The molecule has 0 aromatic heterocycles. The van der Waals surface area contributed by atoms with Crippen molar-refractivity contribution in [3.05, 3.63) is 35.4 Å². The average Bonchev–Trinajstić information content (AvgIpc) is 2.61. The molecule has 1 aromatic carbocycles. The van der Waals surface area contributed by atoms with Gasteiger partial charge < -0.3 is 4.90 Å². The fourth-order valence-corrected chi connectivity index (χ4v) is 3.04. The molecule has 1 heterocycles. The zero-order valence-corrected chi connectivity index (χ0v) is 12.9. The molecule has 1 aliphatic rings. The number of nitrogens with zero attached hydrogens (tertiary/aromatic N) is 2. The van der Waals surface area contributed by atoms with E-state index in [0.29, 0.717) is 12.6 Å². The number of benzene rings is 1. The number of carbonyl (C=O) groups is 1. The van der Waals surface area contributed by atoms with Crippen molar-refractivity contribution in [2.24, 2.45) is 0 Å². The van der Waals surface area contributed by atoms with Crippen LogP contribution in [0.15, 0.2) is 24.3 Å². The predicted octanol–water partition coefficient (Wildman–Crippen LogP) is 2.59. The molecule has 1 unspecified atom stereocenters. The number of rotatable bonds is 4. The van der Waals surface area contributed by atoms with Crippen LogP contribution in [0, 0.1) is 6.92 Å². The second kappa shape index (κ2) is 7.00. The molecule has 0 spiro atoms. The van der Waals surface area contributed by atoms with E-state index >= 15 is 0 Å². The summed E-state index contributed by atoms with van der Waals surface area (Å²) in [5, 5.41) is 0. The van der Waals surface area contributed by atoms with E-state index < -0.39 is 0 Å². The van der Waals surface area contributed by atoms with Gasteiger partial charge in [0, 0.05) is 24.7 Å². The number of hydrogen-bond donors (Lipinski definition) is 0. The third kappa shape index (κ3) is 3.68. The third-order valence-corrected chi connectivity index (χ3v) is 4.29. The molecule has 1 aliphatic heterocycles. The molecule has 110 valence electrons. The maximum atomic E-state index is 12.5. The Labute approximate surface area is 122 Å². The van der Waals surface area contributed by atoms with E-state index in [1.54, 1.807) is 0 Å². The van der Waals surface area contributed by atoms with Crippen molar-refractivity contribution in [1.82, 2.24) is 9.80 Å². The fraction of sp³-hybridized carbons (Fsp3) is 0.588. The summed E-state index contributed by atoms with van der Waals surface area (Å²) in [6.45, 7) is 8.01. The first-order valence-electron chi connectivity index (χ1n) is 7.63. The fourth-order valence-electron chi connectivity index (χ4n) is 3.04. The molecule has 0 amide bonds. The van der Waals surface area contributed by atoms with E-state index in [9.17, 15) is 4.79 Å². The molecule has 3 nitrogen and oxygen atoms in total. The average molecular weight is 274 g/mol. The number of Topliss-reactive ketones (excluding diaryl/α,β-unsaturated/α-hetero) is 1. The number of hydrogen-bond acceptors (Lipinski definition) is 3. The van der Waals surface area contributed by atoms with Gasteiger partial charge in [-0.3, -0.25) is 9.69 Å². The van der Waals surface area contributed by atoms with Crippen molar-refractivity contribution in [2.75, 3.05) is 33.2 Å². The minimum absolute atomic E-state index is 0.256. The standard InChI is InChI=1S/C17H26N2O/c1-4-15-12-18(3)10-7-11-19(15)13-17(20)16-9-6-5-8-14(16)2/h5-6,8-9,15H,4,7,10-13H2,1-3H3. The highest BCUT2D eigenvalue weighted by atomic mass is 16.1. The second-order valence-corrected chi connectivity index (χ2v) is 5.89. The minimum atomic E-state index is 0.256. The summed E-state index contributed by atoms with van der Waals surface area (Å²) in [7, 11) is 2.18. The molecule has 0 radical (unpaired) electrons. The van der Waals surface area contributed by atoms with Crippen LogP contribution in [0.1, 0.15) is 35.7 Å². The van der Waals surface area contributed by atoms with Gasteiger partial charge in [0.1, 0.15) is 0 Å². The molecule has 0 saturated carbocycles. The highest BCUT2D eigenvalue weighted by Crippen LogP contribution is 2.14. The first-order valence-corrected chi connectivity index (χ1v) is 7.63. The smallest absolute Gasteiger partial charge is 0.177 e. The summed E-state index contributed by atoms with van der Waals surface area (Å²) in [5.41, 5.74) is 1.96. The first-order chi connectivity index (χ1) is 9.61. The largest absolute Gasteiger partial charge is 0.305 e. The Morgan fingerprint density at radius 1 is 1.30 bits per heavy atom. The summed E-state index contributed by atoms with van der Waals surface area (Å²) in [6.07, 6.45) is 2.25. The summed E-state index contributed by atoms with van der Waals surface area (Å²) < 4.78 is 0. The van der Waals surface area contributed by atoms with Gasteiger partial charge >= 0.3 is 0 Å². The van der Waals surface area contributed by atoms with Gasteiger partial charge in [0.25, 0.3) is 0 Å². The van der Waals surface area contributed by atoms with Gasteiger partial charge in [-0.15, -0.1) is 0 Å². The lowest BCUT2D eigenvalue weighted by Gasteiger charge is -2.29. The maximum Gasteiger partial charge on any atom is 0.177 e. The van der Waals surface area contributed by atoms with Crippen LogP contribution < -0.4 is 0 Å². The van der Waals surface area contributed by atoms with Gasteiger partial charge in [0.2, 0.25) is 0 Å². The van der Waals surface area contributed by atoms with Gasteiger partial charge in [-0.25, -0.2) is 0 Å². The minimum Gasteiger partial charge on any atom is -0.305 e. The van der Waals surface area contributed by atoms with Crippen LogP contribution in [0.4, 0.5) is 0 Å². The Balaban J connectivity index is 2.07. The van der Waals surface area contributed by atoms with Crippen LogP contribution in [-0.4, -0.2) is 54.9 Å². The first kappa shape index (κ1) is 15.2. The summed E-state index contributed by atoms with van der Waals surface area (Å²) >= 11 is 0. The molecule has 1 atom stereocenters. The van der Waals surface area contributed by atoms with Crippen LogP contribution >= 0.6 is 0 Å². The third-order valence-electron chi connectivity index (χ3n) is 4.29. The number of carbonyl (C=O) groups excluding carboxylic acids is 1. The van der Waals surface area contributed by atoms with Crippen molar-refractivity contribution in [1.29, 1.82) is 0 Å². The van der Waals surface area contributed by atoms with Crippen molar-refractivity contribution < 1.29 is 4.79 Å². The van der Waals surface area contributed by atoms with E-state index in [-0.39, 0.29) is 5.78 Å². The molecule has 0 N–H and O–H groups in total. The topological polar surface area (TPSA) is 23.6 Å². The SMILES string of the molecule is CCC1CN(C)CCCN1CC(=O)c1ccccc1C. The number of ketones is 1. The predicted molar refractivity (Wildman–Crippen MR) is 83.3 cm³/mol. The van der Waals surface area contributed by atoms with Gasteiger partial charge in [0.15, 0.2) is 5.78 Å². The van der Waals surface area contributed by atoms with Crippen molar-refractivity contribution in [2.45, 2.75) is 32.7 Å². The van der Waals surface area contributed by atoms with E-state index in [0.717, 1.165) is 43.6 Å². The Kier molecular flexibility index (Phi) is 5.32. The quantitative estimate of drug-likeness (QED) is 0.789. The molecular formula is C17H26N2O. The molecule has 0 aliphatic carbocycles. The molecular weight excluding hydrogens is 248 g/mol. The molecule has 2 rings (SSSR count). The monoisotopic (exact) mass is 274 g/mol. The highest BCUT2D eigenvalue weighted by Gasteiger charge is 2.24. The molecule has 1 saturated heterocycles. The van der Waals surface area contributed by atoms with Crippen LogP contribution in [-0.2, 0) is 0 Å². The lowest BCUT2D eigenvalue weighted by atomic mass is 10.0. The van der Waals surface area contributed by atoms with E-state index in [4.69, 9.17) is 0 Å². The summed E-state index contributed by atoms with van der Waals surface area (Å²) in [5.74, 6) is 0.256. The van der Waals surface area contributed by atoms with Crippen molar-refractivity contribution >= 4 is 5.78 Å². The van der Waals surface area contributed by atoms with Gasteiger partial charge in [0.05, 0.1) is 6.54 Å². The number of likely N-dealkylation sites (N-methyl/N-ethyl adjacent to an activating group) is 1. The summed E-state index contributed by atoms with van der Waals surface area (Å²) in [6, 6.07) is 8.40. The van der Waals surface area contributed by atoms with Gasteiger partial charge in [-0.1, -0.05) is 31.2 Å². The number of aryl methyl sites for hydroxylation is 1. The van der Waals surface area contributed by atoms with Crippen LogP contribution in [0.2, 0.25) is 0 Å². The Morgan fingerprint density at radius 3 is 2.75 bits per heavy atom. The zero-order chi connectivity index (χ0) is 14.5. The van der Waals surface area contributed by atoms with E-state index in [1.807, 2.05) is 31.2 Å². The Hall–Kier alpha value is -1.19. The highest BCUT2D eigenvalue weighted by molar-refractivity contribution is 5.98. The molecule has 1 fully saturated rings.